The summed E-state index contributed by atoms with van der Waals surface area (Å²) in [5, 5.41) is 9.52. The van der Waals surface area contributed by atoms with E-state index < -0.39 is 10.0 Å². The quantitative estimate of drug-likeness (QED) is 0.729. The van der Waals surface area contributed by atoms with Gasteiger partial charge in [0.2, 0.25) is 5.91 Å². The average molecular weight is 453 g/mol. The van der Waals surface area contributed by atoms with Crippen molar-refractivity contribution in [2.45, 2.75) is 30.3 Å². The molecular formula is C19H21BrN2O4S. The Hall–Kier alpha value is -1.90. The van der Waals surface area contributed by atoms with Gasteiger partial charge >= 0.3 is 0 Å². The highest BCUT2D eigenvalue weighted by Gasteiger charge is 2.21. The van der Waals surface area contributed by atoms with Gasteiger partial charge in [0.1, 0.15) is 0 Å². The number of halogens is 1. The lowest BCUT2D eigenvalue weighted by atomic mass is 10.1. The second-order valence-corrected chi connectivity index (χ2v) is 9.14. The van der Waals surface area contributed by atoms with Gasteiger partial charge in [-0.15, -0.1) is 0 Å². The second kappa shape index (κ2) is 8.41. The summed E-state index contributed by atoms with van der Waals surface area (Å²) >= 11 is 3.28. The van der Waals surface area contributed by atoms with Crippen LogP contribution in [-0.4, -0.2) is 43.5 Å². The summed E-state index contributed by atoms with van der Waals surface area (Å²) in [6, 6.07) is 13.2. The largest absolute Gasteiger partial charge is 0.393 e. The molecule has 0 radical (unpaired) electrons. The van der Waals surface area contributed by atoms with E-state index in [4.69, 9.17) is 0 Å². The Bertz CT molecular complexity index is 890. The highest BCUT2D eigenvalue weighted by molar-refractivity contribution is 9.10. The van der Waals surface area contributed by atoms with Crippen LogP contribution >= 0.6 is 15.9 Å². The number of piperidine rings is 1. The zero-order chi connectivity index (χ0) is 19.4. The molecule has 1 fully saturated rings. The first-order chi connectivity index (χ1) is 12.8. The number of nitrogens with one attached hydrogen (secondary N) is 1. The Balaban J connectivity index is 1.61. The Morgan fingerprint density at radius 2 is 1.67 bits per heavy atom. The molecule has 0 bridgehead atoms. The monoisotopic (exact) mass is 452 g/mol. The third-order valence-electron chi connectivity index (χ3n) is 4.50. The van der Waals surface area contributed by atoms with E-state index in [1.165, 1.54) is 12.1 Å². The van der Waals surface area contributed by atoms with Crippen LogP contribution in [0.5, 0.6) is 0 Å². The van der Waals surface area contributed by atoms with Crippen molar-refractivity contribution in [3.63, 3.8) is 0 Å². The van der Waals surface area contributed by atoms with Crippen LogP contribution in [0.2, 0.25) is 0 Å². The van der Waals surface area contributed by atoms with Crippen molar-refractivity contribution in [2.75, 3.05) is 17.8 Å². The van der Waals surface area contributed by atoms with E-state index in [-0.39, 0.29) is 23.3 Å². The molecule has 1 aliphatic rings. The Labute approximate surface area is 167 Å². The maximum atomic E-state index is 12.4. The molecule has 0 aliphatic carbocycles. The first-order valence-corrected chi connectivity index (χ1v) is 10.9. The van der Waals surface area contributed by atoms with Crippen molar-refractivity contribution < 1.29 is 18.3 Å². The SMILES string of the molecule is O=C(Cc1ccc(NS(=O)(=O)c2ccc(Br)cc2)cc1)N1CCC(O)CC1. The van der Waals surface area contributed by atoms with Crippen LogP contribution in [0.15, 0.2) is 57.9 Å². The lowest BCUT2D eigenvalue weighted by Gasteiger charge is -2.29. The predicted octanol–water partition coefficient (Wildman–Crippen LogP) is 2.78. The highest BCUT2D eigenvalue weighted by Crippen LogP contribution is 2.19. The van der Waals surface area contributed by atoms with Crippen LogP contribution < -0.4 is 4.72 Å². The molecule has 0 atom stereocenters. The molecule has 6 nitrogen and oxygen atoms in total. The fourth-order valence-corrected chi connectivity index (χ4v) is 4.24. The average Bonchev–Trinajstić information content (AvgIpc) is 2.64. The van der Waals surface area contributed by atoms with Crippen LogP contribution in [0.4, 0.5) is 5.69 Å². The fourth-order valence-electron chi connectivity index (χ4n) is 2.92. The molecule has 144 valence electrons. The van der Waals surface area contributed by atoms with Gasteiger partial charge in [-0.3, -0.25) is 9.52 Å². The summed E-state index contributed by atoms with van der Waals surface area (Å²) in [6.45, 7) is 1.15. The lowest BCUT2D eigenvalue weighted by Crippen LogP contribution is -2.40. The van der Waals surface area contributed by atoms with Crippen LogP contribution in [0.3, 0.4) is 0 Å². The molecule has 2 N–H and O–H groups in total. The molecule has 1 heterocycles. The standard InChI is InChI=1S/C19H21BrN2O4S/c20-15-3-7-18(8-4-15)27(25,26)21-16-5-1-14(2-6-16)13-19(24)22-11-9-17(23)10-12-22/h1-8,17,21,23H,9-13H2. The second-order valence-electron chi connectivity index (χ2n) is 6.55. The number of nitrogens with zero attached hydrogens (tertiary/aromatic N) is 1. The molecule has 1 saturated heterocycles. The molecule has 3 rings (SSSR count). The summed E-state index contributed by atoms with van der Waals surface area (Å²) in [7, 11) is -3.66. The zero-order valence-electron chi connectivity index (χ0n) is 14.6. The first kappa shape index (κ1) is 19.9. The Kier molecular flexibility index (Phi) is 6.18. The van der Waals surface area contributed by atoms with Crippen LogP contribution in [0.1, 0.15) is 18.4 Å². The number of amides is 1. The number of aliphatic hydroxyl groups excluding tert-OH is 1. The predicted molar refractivity (Wildman–Crippen MR) is 107 cm³/mol. The summed E-state index contributed by atoms with van der Waals surface area (Å²) in [5.41, 5.74) is 1.26. The first-order valence-electron chi connectivity index (χ1n) is 8.67. The molecule has 0 saturated carbocycles. The molecule has 2 aromatic rings. The maximum absolute atomic E-state index is 12.4. The summed E-state index contributed by atoms with van der Waals surface area (Å²) in [6.07, 6.45) is 1.17. The minimum absolute atomic E-state index is 0.0186. The molecule has 2 aromatic carbocycles. The van der Waals surface area contributed by atoms with Gasteiger partial charge in [-0.25, -0.2) is 8.42 Å². The minimum Gasteiger partial charge on any atom is -0.393 e. The van der Waals surface area contributed by atoms with Gasteiger partial charge in [-0.2, -0.15) is 0 Å². The number of aliphatic hydroxyl groups is 1. The number of hydrogen-bond donors (Lipinski definition) is 2. The summed E-state index contributed by atoms with van der Waals surface area (Å²) in [5.74, 6) is 0.0186. The van der Waals surface area contributed by atoms with Gasteiger partial charge in [-0.05, 0) is 54.8 Å². The van der Waals surface area contributed by atoms with Crippen molar-refractivity contribution >= 4 is 37.5 Å². The number of hydrogen-bond acceptors (Lipinski definition) is 4. The van der Waals surface area contributed by atoms with E-state index in [9.17, 15) is 18.3 Å². The molecule has 0 aromatic heterocycles. The van der Waals surface area contributed by atoms with Crippen molar-refractivity contribution in [2.24, 2.45) is 0 Å². The number of rotatable bonds is 5. The van der Waals surface area contributed by atoms with Crippen LogP contribution in [0.25, 0.3) is 0 Å². The van der Waals surface area contributed by atoms with Gasteiger partial charge in [0.05, 0.1) is 17.4 Å². The fraction of sp³-hybridized carbons (Fsp3) is 0.316. The molecule has 1 aliphatic heterocycles. The van der Waals surface area contributed by atoms with E-state index in [0.29, 0.717) is 31.6 Å². The molecule has 0 spiro atoms. The van der Waals surface area contributed by atoms with Gasteiger partial charge in [0.15, 0.2) is 0 Å². The molecule has 0 unspecified atom stereocenters. The maximum Gasteiger partial charge on any atom is 0.261 e. The van der Waals surface area contributed by atoms with Gasteiger partial charge in [0, 0.05) is 23.2 Å². The number of sulfonamides is 1. The molecule has 8 heteroatoms. The number of carbonyl (C=O) groups excluding carboxylic acids is 1. The summed E-state index contributed by atoms with van der Waals surface area (Å²) in [4.78, 5) is 14.3. The minimum atomic E-state index is -3.66. The molecule has 27 heavy (non-hydrogen) atoms. The van der Waals surface area contributed by atoms with E-state index in [1.807, 2.05) is 0 Å². The number of carbonyl (C=O) groups is 1. The van der Waals surface area contributed by atoms with Crippen LogP contribution in [0, 0.1) is 0 Å². The number of likely N-dealkylation sites (tertiary alicyclic amines) is 1. The zero-order valence-corrected chi connectivity index (χ0v) is 17.0. The van der Waals surface area contributed by atoms with Gasteiger partial charge in [-0.1, -0.05) is 28.1 Å². The van der Waals surface area contributed by atoms with Crippen molar-refractivity contribution in [3.05, 3.63) is 58.6 Å². The highest BCUT2D eigenvalue weighted by atomic mass is 79.9. The smallest absolute Gasteiger partial charge is 0.261 e. The lowest BCUT2D eigenvalue weighted by molar-refractivity contribution is -0.132. The number of anilines is 1. The molecular weight excluding hydrogens is 432 g/mol. The third kappa shape index (κ3) is 5.31. The van der Waals surface area contributed by atoms with Crippen molar-refractivity contribution in [1.29, 1.82) is 0 Å². The van der Waals surface area contributed by atoms with Crippen molar-refractivity contribution in [3.8, 4) is 0 Å². The van der Waals surface area contributed by atoms with Crippen molar-refractivity contribution in [1.82, 2.24) is 4.90 Å². The third-order valence-corrected chi connectivity index (χ3v) is 6.43. The van der Waals surface area contributed by atoms with Gasteiger partial charge < -0.3 is 10.0 Å². The summed E-state index contributed by atoms with van der Waals surface area (Å²) < 4.78 is 28.1. The number of benzene rings is 2. The Morgan fingerprint density at radius 3 is 2.26 bits per heavy atom. The topological polar surface area (TPSA) is 86.7 Å². The van der Waals surface area contributed by atoms with E-state index in [1.54, 1.807) is 41.3 Å². The van der Waals surface area contributed by atoms with E-state index >= 15 is 0 Å². The van der Waals surface area contributed by atoms with E-state index in [2.05, 4.69) is 20.7 Å². The Morgan fingerprint density at radius 1 is 1.07 bits per heavy atom. The molecule has 1 amide bonds. The van der Waals surface area contributed by atoms with Gasteiger partial charge in [0.25, 0.3) is 10.0 Å². The van der Waals surface area contributed by atoms with E-state index in [0.717, 1.165) is 10.0 Å². The normalized spacial score (nSPS) is 15.6. The van der Waals surface area contributed by atoms with Crippen LogP contribution in [-0.2, 0) is 21.2 Å².